The second-order valence-corrected chi connectivity index (χ2v) is 8.26. The van der Waals surface area contributed by atoms with E-state index in [1.165, 1.54) is 0 Å². The van der Waals surface area contributed by atoms with Gasteiger partial charge in [-0.05, 0) is 31.4 Å². The molecule has 0 amide bonds. The van der Waals surface area contributed by atoms with Gasteiger partial charge in [-0.1, -0.05) is 18.2 Å². The first-order chi connectivity index (χ1) is 11.6. The lowest BCUT2D eigenvalue weighted by Crippen LogP contribution is -2.41. The minimum atomic E-state index is -3.34. The molecule has 0 saturated carbocycles. The molecule has 128 valence electrons. The number of nitrogens with zero attached hydrogens (tertiary/aromatic N) is 3. The summed E-state index contributed by atoms with van der Waals surface area (Å²) in [6.07, 6.45) is 4.23. The van der Waals surface area contributed by atoms with Gasteiger partial charge < -0.3 is 4.74 Å². The second-order valence-electron chi connectivity index (χ2n) is 6.33. The first kappa shape index (κ1) is 15.8. The van der Waals surface area contributed by atoms with Crippen LogP contribution >= 0.6 is 0 Å². The van der Waals surface area contributed by atoms with Gasteiger partial charge >= 0.3 is 0 Å². The number of hydrogen-bond donors (Lipinski definition) is 0. The molecule has 1 unspecified atom stereocenters. The summed E-state index contributed by atoms with van der Waals surface area (Å²) in [6, 6.07) is 9.72. The Labute approximate surface area is 142 Å². The summed E-state index contributed by atoms with van der Waals surface area (Å²) in [5, 5.41) is 1.02. The van der Waals surface area contributed by atoms with Crippen LogP contribution in [0.25, 0.3) is 10.9 Å². The quantitative estimate of drug-likeness (QED) is 0.849. The summed E-state index contributed by atoms with van der Waals surface area (Å²) in [5.41, 5.74) is 0.820. The predicted octanol–water partition coefficient (Wildman–Crippen LogP) is 2.03. The van der Waals surface area contributed by atoms with Crippen molar-refractivity contribution in [2.45, 2.75) is 25.4 Å². The molecule has 7 heteroatoms. The summed E-state index contributed by atoms with van der Waals surface area (Å²) in [5.74, 6) is 0.721. The third-order valence-corrected chi connectivity index (χ3v) is 6.72. The average Bonchev–Trinajstić information content (AvgIpc) is 3.28. The van der Waals surface area contributed by atoms with Crippen LogP contribution in [0.2, 0.25) is 0 Å². The van der Waals surface area contributed by atoms with E-state index in [1.54, 1.807) is 14.8 Å². The van der Waals surface area contributed by atoms with Gasteiger partial charge in [-0.25, -0.2) is 0 Å². The molecule has 2 aliphatic heterocycles. The average molecular weight is 347 g/mol. The van der Waals surface area contributed by atoms with E-state index in [4.69, 9.17) is 4.74 Å². The lowest BCUT2D eigenvalue weighted by Gasteiger charge is -2.23. The van der Waals surface area contributed by atoms with Gasteiger partial charge in [-0.2, -0.15) is 17.0 Å². The van der Waals surface area contributed by atoms with Crippen LogP contribution in [0, 0.1) is 0 Å². The largest absolute Gasteiger partial charge is 0.487 e. The number of aromatic nitrogens is 1. The minimum absolute atomic E-state index is 0.130. The maximum absolute atomic E-state index is 12.6. The fraction of sp³-hybridized carbons (Fsp3) is 0.471. The highest BCUT2D eigenvalue weighted by Crippen LogP contribution is 2.28. The van der Waals surface area contributed by atoms with Gasteiger partial charge in [0.15, 0.2) is 0 Å². The Morgan fingerprint density at radius 2 is 1.83 bits per heavy atom. The zero-order valence-electron chi connectivity index (χ0n) is 13.5. The van der Waals surface area contributed by atoms with Crippen molar-refractivity contribution in [3.05, 3.63) is 36.5 Å². The monoisotopic (exact) mass is 347 g/mol. The highest BCUT2D eigenvalue weighted by atomic mass is 32.2. The Morgan fingerprint density at radius 3 is 2.67 bits per heavy atom. The van der Waals surface area contributed by atoms with Crippen molar-refractivity contribution in [3.8, 4) is 5.75 Å². The molecule has 2 aromatic rings. The van der Waals surface area contributed by atoms with Crippen LogP contribution in [0.5, 0.6) is 5.75 Å². The van der Waals surface area contributed by atoms with Crippen molar-refractivity contribution in [1.82, 2.24) is 13.6 Å². The van der Waals surface area contributed by atoms with E-state index in [0.717, 1.165) is 29.5 Å². The topological polar surface area (TPSA) is 62.7 Å². The Balaban J connectivity index is 1.49. The number of hydrogen-bond acceptors (Lipinski definition) is 4. The first-order valence-electron chi connectivity index (χ1n) is 8.40. The molecule has 0 N–H and O–H groups in total. The fourth-order valence-corrected chi connectivity index (χ4v) is 5.17. The van der Waals surface area contributed by atoms with Gasteiger partial charge in [0.25, 0.3) is 10.2 Å². The van der Waals surface area contributed by atoms with E-state index < -0.39 is 10.2 Å². The van der Waals surface area contributed by atoms with Crippen LogP contribution in [-0.2, 0) is 10.2 Å². The van der Waals surface area contributed by atoms with E-state index >= 15 is 0 Å². The Kier molecular flexibility index (Phi) is 4.15. The summed E-state index contributed by atoms with van der Waals surface area (Å²) in [7, 11) is -3.34. The van der Waals surface area contributed by atoms with Crippen molar-refractivity contribution in [3.63, 3.8) is 0 Å². The van der Waals surface area contributed by atoms with E-state index in [0.29, 0.717) is 32.6 Å². The first-order valence-corrected chi connectivity index (χ1v) is 9.80. The number of ether oxygens (including phenoxy) is 1. The zero-order chi connectivity index (χ0) is 16.6. The highest BCUT2D eigenvalue weighted by Gasteiger charge is 2.37. The number of pyridine rings is 1. The molecule has 4 rings (SSSR count). The van der Waals surface area contributed by atoms with Crippen molar-refractivity contribution in [2.75, 3.05) is 26.2 Å². The highest BCUT2D eigenvalue weighted by molar-refractivity contribution is 7.86. The van der Waals surface area contributed by atoms with Gasteiger partial charge in [-0.3, -0.25) is 4.98 Å². The van der Waals surface area contributed by atoms with Gasteiger partial charge in [0, 0.05) is 31.2 Å². The van der Waals surface area contributed by atoms with Gasteiger partial charge in [0.05, 0.1) is 6.54 Å². The lowest BCUT2D eigenvalue weighted by molar-refractivity contribution is 0.216. The van der Waals surface area contributed by atoms with Crippen molar-refractivity contribution >= 4 is 21.1 Å². The van der Waals surface area contributed by atoms with Gasteiger partial charge in [0.2, 0.25) is 0 Å². The molecular weight excluding hydrogens is 326 g/mol. The molecule has 2 saturated heterocycles. The summed E-state index contributed by atoms with van der Waals surface area (Å²) >= 11 is 0. The maximum Gasteiger partial charge on any atom is 0.282 e. The Hall–Kier alpha value is -1.70. The second kappa shape index (κ2) is 6.31. The van der Waals surface area contributed by atoms with Crippen LogP contribution in [0.15, 0.2) is 36.5 Å². The number of fused-ring (bicyclic) bond motifs is 1. The van der Waals surface area contributed by atoms with Crippen molar-refractivity contribution in [2.24, 2.45) is 0 Å². The molecule has 1 aromatic carbocycles. The molecular formula is C17H21N3O3S. The standard InChI is InChI=1S/C17H21N3O3S/c21-24(22,19-10-1-2-11-19)20-12-8-15(13-20)23-16-7-3-5-14-6-4-9-18-17(14)16/h3-7,9,15H,1-2,8,10-13H2. The van der Waals surface area contributed by atoms with Gasteiger partial charge in [-0.15, -0.1) is 0 Å². The number of rotatable bonds is 4. The lowest BCUT2D eigenvalue weighted by atomic mass is 10.2. The van der Waals surface area contributed by atoms with Crippen LogP contribution in [0.4, 0.5) is 0 Å². The third-order valence-electron chi connectivity index (χ3n) is 4.71. The van der Waals surface area contributed by atoms with E-state index in [-0.39, 0.29) is 6.10 Å². The SMILES string of the molecule is O=S(=O)(N1CCCC1)N1CCC(Oc2cccc3cccnc23)C1. The van der Waals surface area contributed by atoms with Crippen LogP contribution < -0.4 is 4.74 Å². The number of benzene rings is 1. The molecule has 1 aromatic heterocycles. The maximum atomic E-state index is 12.6. The molecule has 6 nitrogen and oxygen atoms in total. The van der Waals surface area contributed by atoms with E-state index in [1.807, 2.05) is 30.3 Å². The molecule has 0 bridgehead atoms. The minimum Gasteiger partial charge on any atom is -0.487 e. The summed E-state index contributed by atoms with van der Waals surface area (Å²) in [6.45, 7) is 2.19. The summed E-state index contributed by atoms with van der Waals surface area (Å²) in [4.78, 5) is 4.39. The molecule has 0 aliphatic carbocycles. The molecule has 3 heterocycles. The molecule has 24 heavy (non-hydrogen) atoms. The fourth-order valence-electron chi connectivity index (χ4n) is 3.44. The Bertz CT molecular complexity index is 829. The normalized spacial score (nSPS) is 23.1. The van der Waals surface area contributed by atoms with Crippen LogP contribution in [0.3, 0.4) is 0 Å². The van der Waals surface area contributed by atoms with Crippen LogP contribution in [-0.4, -0.2) is 54.3 Å². The molecule has 2 fully saturated rings. The van der Waals surface area contributed by atoms with Crippen molar-refractivity contribution < 1.29 is 13.2 Å². The molecule has 0 spiro atoms. The molecule has 1 atom stereocenters. The van der Waals surface area contributed by atoms with E-state index in [2.05, 4.69) is 4.98 Å². The van der Waals surface area contributed by atoms with Gasteiger partial charge in [0.1, 0.15) is 17.4 Å². The smallest absolute Gasteiger partial charge is 0.282 e. The summed E-state index contributed by atoms with van der Waals surface area (Å²) < 4.78 is 34.5. The predicted molar refractivity (Wildman–Crippen MR) is 92.1 cm³/mol. The Morgan fingerprint density at radius 1 is 1.04 bits per heavy atom. The van der Waals surface area contributed by atoms with E-state index in [9.17, 15) is 8.42 Å². The molecule has 0 radical (unpaired) electrons. The van der Waals surface area contributed by atoms with Crippen molar-refractivity contribution in [1.29, 1.82) is 0 Å². The number of para-hydroxylation sites is 1. The molecule has 2 aliphatic rings. The zero-order valence-corrected chi connectivity index (χ0v) is 14.3. The van der Waals surface area contributed by atoms with Crippen LogP contribution in [0.1, 0.15) is 19.3 Å². The third kappa shape index (κ3) is 2.87.